The van der Waals surface area contributed by atoms with Gasteiger partial charge in [-0.25, -0.2) is 4.98 Å². The summed E-state index contributed by atoms with van der Waals surface area (Å²) in [5, 5.41) is 2.96. The lowest BCUT2D eigenvalue weighted by Crippen LogP contribution is -2.24. The molecule has 0 aliphatic heterocycles. The first-order valence-corrected chi connectivity index (χ1v) is 4.20. The number of hydrogen-bond acceptors (Lipinski definition) is 5. The molecule has 0 fully saturated rings. The van der Waals surface area contributed by atoms with Crippen LogP contribution in [0.25, 0.3) is 0 Å². The Labute approximate surface area is 81.7 Å². The molecule has 1 rings (SSSR count). The summed E-state index contributed by atoms with van der Waals surface area (Å²) in [5.74, 6) is 0.516. The fraction of sp³-hybridized carbons (Fsp3) is 0.375. The minimum Gasteiger partial charge on any atom is -0.382 e. The second-order valence-corrected chi connectivity index (χ2v) is 3.05. The molecule has 5 N–H and O–H groups in total. The molecular formula is C8H13N5O. The van der Waals surface area contributed by atoms with E-state index in [2.05, 4.69) is 15.3 Å². The summed E-state index contributed by atoms with van der Waals surface area (Å²) in [6.07, 6.45) is 3.23. The number of carbonyl (C=O) groups is 1. The second kappa shape index (κ2) is 4.40. The molecule has 1 amide bonds. The second-order valence-electron chi connectivity index (χ2n) is 3.05. The molecule has 1 aromatic heterocycles. The number of amides is 1. The molecule has 0 aromatic carbocycles. The third-order valence-corrected chi connectivity index (χ3v) is 1.55. The van der Waals surface area contributed by atoms with Crippen LogP contribution in [0.5, 0.6) is 0 Å². The van der Waals surface area contributed by atoms with Gasteiger partial charge in [0.15, 0.2) is 0 Å². The van der Waals surface area contributed by atoms with Crippen LogP contribution in [-0.2, 0) is 4.79 Å². The molecular weight excluding hydrogens is 182 g/mol. The molecule has 0 saturated heterocycles. The normalized spacial score (nSPS) is 12.1. The van der Waals surface area contributed by atoms with E-state index in [1.807, 2.05) is 6.92 Å². The van der Waals surface area contributed by atoms with Crippen LogP contribution in [0.2, 0.25) is 0 Å². The Hall–Kier alpha value is -1.85. The van der Waals surface area contributed by atoms with Crippen LogP contribution in [0, 0.1) is 0 Å². The number of nitrogens with one attached hydrogen (secondary N) is 1. The fourth-order valence-corrected chi connectivity index (χ4v) is 1.06. The van der Waals surface area contributed by atoms with Gasteiger partial charge < -0.3 is 16.8 Å². The standard InChI is InChI=1S/C8H13N5O/c1-5(2-7(10)14)12-8-4-11-3-6(9)13-8/h3-5H,2H2,1H3,(H2,10,14)(H3,9,12,13). The van der Waals surface area contributed by atoms with E-state index in [1.54, 1.807) is 0 Å². The average Bonchev–Trinajstić information content (AvgIpc) is 2.01. The van der Waals surface area contributed by atoms with Crippen LogP contribution in [0.3, 0.4) is 0 Å². The molecule has 0 aliphatic rings. The molecule has 0 spiro atoms. The maximum Gasteiger partial charge on any atom is 0.219 e. The van der Waals surface area contributed by atoms with Crippen molar-refractivity contribution in [2.45, 2.75) is 19.4 Å². The summed E-state index contributed by atoms with van der Waals surface area (Å²) in [7, 11) is 0. The largest absolute Gasteiger partial charge is 0.382 e. The third kappa shape index (κ3) is 3.26. The van der Waals surface area contributed by atoms with Crippen molar-refractivity contribution in [3.8, 4) is 0 Å². The van der Waals surface area contributed by atoms with Gasteiger partial charge in [-0.2, -0.15) is 0 Å². The van der Waals surface area contributed by atoms with Gasteiger partial charge in [0, 0.05) is 12.5 Å². The van der Waals surface area contributed by atoms with E-state index in [-0.39, 0.29) is 18.4 Å². The first-order valence-electron chi connectivity index (χ1n) is 4.20. The lowest BCUT2D eigenvalue weighted by atomic mass is 10.2. The van der Waals surface area contributed by atoms with Crippen molar-refractivity contribution in [1.29, 1.82) is 0 Å². The third-order valence-electron chi connectivity index (χ3n) is 1.55. The Morgan fingerprint density at radius 1 is 1.64 bits per heavy atom. The van der Waals surface area contributed by atoms with E-state index in [9.17, 15) is 4.79 Å². The van der Waals surface area contributed by atoms with Crippen LogP contribution in [0.4, 0.5) is 11.6 Å². The summed E-state index contributed by atoms with van der Waals surface area (Å²) in [6.45, 7) is 1.83. The van der Waals surface area contributed by atoms with Crippen molar-refractivity contribution in [3.63, 3.8) is 0 Å². The molecule has 1 unspecified atom stereocenters. The molecule has 1 atom stereocenters. The highest BCUT2D eigenvalue weighted by Gasteiger charge is 2.06. The number of anilines is 2. The van der Waals surface area contributed by atoms with Gasteiger partial charge in [-0.15, -0.1) is 0 Å². The first kappa shape index (κ1) is 10.2. The molecule has 14 heavy (non-hydrogen) atoms. The van der Waals surface area contributed by atoms with Gasteiger partial charge in [-0.3, -0.25) is 9.78 Å². The van der Waals surface area contributed by atoms with Gasteiger partial charge >= 0.3 is 0 Å². The number of nitrogen functional groups attached to an aromatic ring is 1. The van der Waals surface area contributed by atoms with Gasteiger partial charge in [0.25, 0.3) is 0 Å². The number of aromatic nitrogens is 2. The Morgan fingerprint density at radius 3 is 2.93 bits per heavy atom. The Bertz CT molecular complexity index is 327. The van der Waals surface area contributed by atoms with Gasteiger partial charge in [0.05, 0.1) is 12.4 Å². The predicted molar refractivity (Wildman–Crippen MR) is 53.3 cm³/mol. The van der Waals surface area contributed by atoms with Crippen LogP contribution in [0.1, 0.15) is 13.3 Å². The van der Waals surface area contributed by atoms with Gasteiger partial charge in [-0.1, -0.05) is 0 Å². The van der Waals surface area contributed by atoms with E-state index in [4.69, 9.17) is 11.5 Å². The highest BCUT2D eigenvalue weighted by atomic mass is 16.1. The zero-order valence-corrected chi connectivity index (χ0v) is 7.90. The molecule has 1 aromatic rings. The van der Waals surface area contributed by atoms with Crippen LogP contribution in [-0.4, -0.2) is 21.9 Å². The SMILES string of the molecule is CC(CC(N)=O)Nc1cncc(N)n1. The summed E-state index contributed by atoms with van der Waals surface area (Å²) < 4.78 is 0. The zero-order chi connectivity index (χ0) is 10.6. The smallest absolute Gasteiger partial charge is 0.219 e. The van der Waals surface area contributed by atoms with E-state index < -0.39 is 0 Å². The minimum absolute atomic E-state index is 0.0800. The highest BCUT2D eigenvalue weighted by molar-refractivity contribution is 5.74. The maximum atomic E-state index is 10.6. The molecule has 76 valence electrons. The lowest BCUT2D eigenvalue weighted by molar-refractivity contribution is -0.118. The van der Waals surface area contributed by atoms with Crippen LogP contribution < -0.4 is 16.8 Å². The first-order chi connectivity index (χ1) is 6.58. The van der Waals surface area contributed by atoms with Crippen molar-refractivity contribution in [2.75, 3.05) is 11.1 Å². The highest BCUT2D eigenvalue weighted by Crippen LogP contribution is 2.06. The average molecular weight is 195 g/mol. The molecule has 1 heterocycles. The molecule has 0 radical (unpaired) electrons. The Morgan fingerprint density at radius 2 is 2.36 bits per heavy atom. The van der Waals surface area contributed by atoms with Crippen molar-refractivity contribution in [2.24, 2.45) is 5.73 Å². The van der Waals surface area contributed by atoms with Crippen molar-refractivity contribution >= 4 is 17.5 Å². The van der Waals surface area contributed by atoms with Gasteiger partial charge in [-0.05, 0) is 6.92 Å². The summed E-state index contributed by atoms with van der Waals surface area (Å²) in [4.78, 5) is 18.4. The van der Waals surface area contributed by atoms with E-state index >= 15 is 0 Å². The topological polar surface area (TPSA) is 107 Å². The molecule has 0 bridgehead atoms. The van der Waals surface area contributed by atoms with Gasteiger partial charge in [0.1, 0.15) is 11.6 Å². The number of carbonyl (C=O) groups excluding carboxylic acids is 1. The number of hydrogen-bond donors (Lipinski definition) is 3. The van der Waals surface area contributed by atoms with Crippen LogP contribution >= 0.6 is 0 Å². The van der Waals surface area contributed by atoms with E-state index in [1.165, 1.54) is 12.4 Å². The van der Waals surface area contributed by atoms with Crippen molar-refractivity contribution in [3.05, 3.63) is 12.4 Å². The number of rotatable bonds is 4. The maximum absolute atomic E-state index is 10.6. The molecule has 6 heteroatoms. The summed E-state index contributed by atoms with van der Waals surface area (Å²) in [5.41, 5.74) is 10.5. The summed E-state index contributed by atoms with van der Waals surface area (Å²) in [6, 6.07) is -0.0800. The van der Waals surface area contributed by atoms with E-state index in [0.717, 1.165) is 0 Å². The Balaban J connectivity index is 2.55. The number of nitrogens with two attached hydrogens (primary N) is 2. The quantitative estimate of drug-likeness (QED) is 0.613. The van der Waals surface area contributed by atoms with Crippen molar-refractivity contribution < 1.29 is 4.79 Å². The molecule has 0 aliphatic carbocycles. The summed E-state index contributed by atoms with van der Waals surface area (Å²) >= 11 is 0. The van der Waals surface area contributed by atoms with Gasteiger partial charge in [0.2, 0.25) is 5.91 Å². The van der Waals surface area contributed by atoms with Crippen molar-refractivity contribution in [1.82, 2.24) is 9.97 Å². The van der Waals surface area contributed by atoms with Crippen LogP contribution in [0.15, 0.2) is 12.4 Å². The van der Waals surface area contributed by atoms with E-state index in [0.29, 0.717) is 11.6 Å². The zero-order valence-electron chi connectivity index (χ0n) is 7.90. The molecule has 6 nitrogen and oxygen atoms in total. The minimum atomic E-state index is -0.359. The predicted octanol–water partition coefficient (Wildman–Crippen LogP) is -0.265. The lowest BCUT2D eigenvalue weighted by Gasteiger charge is -2.11. The number of nitrogens with zero attached hydrogens (tertiary/aromatic N) is 2. The number of primary amides is 1. The molecule has 0 saturated carbocycles. The Kier molecular flexibility index (Phi) is 3.22. The monoisotopic (exact) mass is 195 g/mol. The fourth-order valence-electron chi connectivity index (χ4n) is 1.06.